The summed E-state index contributed by atoms with van der Waals surface area (Å²) in [6, 6.07) is 5.69. The third-order valence-corrected chi connectivity index (χ3v) is 2.49. The van der Waals surface area contributed by atoms with Gasteiger partial charge in [-0.15, -0.1) is 0 Å². The summed E-state index contributed by atoms with van der Waals surface area (Å²) >= 11 is 0. The Bertz CT molecular complexity index is 546. The molecule has 1 amide bonds. The maximum Gasteiger partial charge on any atom is 0.271 e. The molecule has 0 saturated carbocycles. The zero-order chi connectivity index (χ0) is 12.4. The monoisotopic (exact) mass is 233 g/mol. The van der Waals surface area contributed by atoms with Crippen LogP contribution in [0.2, 0.25) is 0 Å². The Balaban J connectivity index is 2.24. The number of aryl methyl sites for hydroxylation is 1. The number of carbonyl (C=O) groups is 1. The number of pyridine rings is 1. The van der Waals surface area contributed by atoms with E-state index in [1.807, 2.05) is 29.5 Å². The summed E-state index contributed by atoms with van der Waals surface area (Å²) in [6.45, 7) is 3.80. The van der Waals surface area contributed by atoms with E-state index >= 15 is 0 Å². The molecule has 5 heteroatoms. The molecule has 2 heterocycles. The Morgan fingerprint density at radius 3 is 3.00 bits per heavy atom. The maximum absolute atomic E-state index is 11.7. The van der Waals surface area contributed by atoms with Gasteiger partial charge in [0.15, 0.2) is 0 Å². The number of aromatic nitrogens is 2. The molecule has 2 N–H and O–H groups in total. The van der Waals surface area contributed by atoms with Crippen molar-refractivity contribution >= 4 is 11.6 Å². The SMILES string of the molecule is Cc1cccc2nc(C(=O)NCC(C)O)cn12. The van der Waals surface area contributed by atoms with Gasteiger partial charge in [-0.25, -0.2) is 4.98 Å². The predicted molar refractivity (Wildman–Crippen MR) is 63.9 cm³/mol. The molecule has 0 aromatic carbocycles. The van der Waals surface area contributed by atoms with Crippen LogP contribution >= 0.6 is 0 Å². The van der Waals surface area contributed by atoms with Gasteiger partial charge in [0.2, 0.25) is 0 Å². The second-order valence-corrected chi connectivity index (χ2v) is 4.08. The Morgan fingerprint density at radius 2 is 2.35 bits per heavy atom. The van der Waals surface area contributed by atoms with E-state index in [9.17, 15) is 4.79 Å². The second kappa shape index (κ2) is 4.55. The number of nitrogens with one attached hydrogen (secondary N) is 1. The molecule has 0 spiro atoms. The normalized spacial score (nSPS) is 12.6. The molecule has 0 saturated heterocycles. The highest BCUT2D eigenvalue weighted by Crippen LogP contribution is 2.08. The smallest absolute Gasteiger partial charge is 0.271 e. The largest absolute Gasteiger partial charge is 0.392 e. The number of imidazole rings is 1. The first-order valence-corrected chi connectivity index (χ1v) is 5.49. The van der Waals surface area contributed by atoms with Crippen LogP contribution in [0.1, 0.15) is 23.1 Å². The molecule has 1 atom stereocenters. The van der Waals surface area contributed by atoms with Gasteiger partial charge in [0.25, 0.3) is 5.91 Å². The molecular formula is C12H15N3O2. The van der Waals surface area contributed by atoms with Gasteiger partial charge >= 0.3 is 0 Å². The van der Waals surface area contributed by atoms with Crippen molar-refractivity contribution in [2.24, 2.45) is 0 Å². The standard InChI is InChI=1S/C12H15N3O2/c1-8-4-3-5-11-14-10(7-15(8)11)12(17)13-6-9(2)16/h3-5,7,9,16H,6H2,1-2H3,(H,13,17). The van der Waals surface area contributed by atoms with Crippen molar-refractivity contribution in [3.8, 4) is 0 Å². The average Bonchev–Trinajstić information content (AvgIpc) is 2.71. The Kier molecular flexibility index (Phi) is 3.10. The lowest BCUT2D eigenvalue weighted by molar-refractivity contribution is 0.0919. The fourth-order valence-corrected chi connectivity index (χ4v) is 1.59. The topological polar surface area (TPSA) is 66.6 Å². The molecule has 0 aliphatic carbocycles. The molecule has 2 aromatic rings. The first-order valence-electron chi connectivity index (χ1n) is 5.49. The summed E-state index contributed by atoms with van der Waals surface area (Å²) in [4.78, 5) is 16.0. The number of aliphatic hydroxyl groups is 1. The summed E-state index contributed by atoms with van der Waals surface area (Å²) in [7, 11) is 0. The lowest BCUT2D eigenvalue weighted by Crippen LogP contribution is -2.30. The first-order chi connectivity index (χ1) is 8.08. The highest BCUT2D eigenvalue weighted by atomic mass is 16.3. The fraction of sp³-hybridized carbons (Fsp3) is 0.333. The molecule has 17 heavy (non-hydrogen) atoms. The van der Waals surface area contributed by atoms with Gasteiger partial charge in [0, 0.05) is 18.4 Å². The Hall–Kier alpha value is -1.88. The number of rotatable bonds is 3. The van der Waals surface area contributed by atoms with E-state index in [0.717, 1.165) is 11.3 Å². The van der Waals surface area contributed by atoms with Crippen LogP contribution < -0.4 is 5.32 Å². The van der Waals surface area contributed by atoms with Crippen molar-refractivity contribution in [3.05, 3.63) is 35.8 Å². The minimum Gasteiger partial charge on any atom is -0.392 e. The number of hydrogen-bond donors (Lipinski definition) is 2. The number of nitrogens with zero attached hydrogens (tertiary/aromatic N) is 2. The molecule has 0 aliphatic heterocycles. The quantitative estimate of drug-likeness (QED) is 0.822. The molecule has 90 valence electrons. The van der Waals surface area contributed by atoms with Gasteiger partial charge in [-0.05, 0) is 26.0 Å². The van der Waals surface area contributed by atoms with Crippen molar-refractivity contribution in [2.75, 3.05) is 6.54 Å². The van der Waals surface area contributed by atoms with Gasteiger partial charge in [-0.3, -0.25) is 4.79 Å². The molecule has 5 nitrogen and oxygen atoms in total. The number of aliphatic hydroxyl groups excluding tert-OH is 1. The highest BCUT2D eigenvalue weighted by Gasteiger charge is 2.11. The van der Waals surface area contributed by atoms with E-state index in [4.69, 9.17) is 5.11 Å². The summed E-state index contributed by atoms with van der Waals surface area (Å²) in [5.74, 6) is -0.269. The number of hydrogen-bond acceptors (Lipinski definition) is 3. The van der Waals surface area contributed by atoms with Gasteiger partial charge in [0.05, 0.1) is 6.10 Å². The third kappa shape index (κ3) is 2.45. The van der Waals surface area contributed by atoms with Gasteiger partial charge < -0.3 is 14.8 Å². The summed E-state index contributed by atoms with van der Waals surface area (Å²) in [5, 5.41) is 11.7. The lowest BCUT2D eigenvalue weighted by Gasteiger charge is -2.04. The minimum absolute atomic E-state index is 0.228. The highest BCUT2D eigenvalue weighted by molar-refractivity contribution is 5.92. The van der Waals surface area contributed by atoms with Gasteiger partial charge in [-0.1, -0.05) is 6.07 Å². The van der Waals surface area contributed by atoms with Crippen molar-refractivity contribution in [2.45, 2.75) is 20.0 Å². The van der Waals surface area contributed by atoms with Crippen LogP contribution in [0.15, 0.2) is 24.4 Å². The molecule has 1 unspecified atom stereocenters. The first kappa shape index (κ1) is 11.6. The van der Waals surface area contributed by atoms with Crippen molar-refractivity contribution in [1.29, 1.82) is 0 Å². The number of carbonyl (C=O) groups excluding carboxylic acids is 1. The minimum atomic E-state index is -0.558. The van der Waals surface area contributed by atoms with Crippen LogP contribution in [0.25, 0.3) is 5.65 Å². The van der Waals surface area contributed by atoms with Crippen molar-refractivity contribution in [1.82, 2.24) is 14.7 Å². The molecule has 0 aliphatic rings. The molecule has 2 aromatic heterocycles. The molecule has 0 fully saturated rings. The Labute approximate surface area is 99.1 Å². The number of fused-ring (bicyclic) bond motifs is 1. The van der Waals surface area contributed by atoms with Crippen LogP contribution in [-0.2, 0) is 0 Å². The zero-order valence-corrected chi connectivity index (χ0v) is 9.84. The average molecular weight is 233 g/mol. The van der Waals surface area contributed by atoms with Crippen LogP contribution in [0, 0.1) is 6.92 Å². The lowest BCUT2D eigenvalue weighted by atomic mass is 10.3. The summed E-state index contributed by atoms with van der Waals surface area (Å²) < 4.78 is 1.86. The number of amides is 1. The molecular weight excluding hydrogens is 218 g/mol. The molecule has 2 rings (SSSR count). The summed E-state index contributed by atoms with van der Waals surface area (Å²) in [6.07, 6.45) is 1.14. The van der Waals surface area contributed by atoms with Crippen LogP contribution in [-0.4, -0.2) is 33.0 Å². The summed E-state index contributed by atoms with van der Waals surface area (Å²) in [5.41, 5.74) is 2.12. The van der Waals surface area contributed by atoms with E-state index < -0.39 is 6.10 Å². The zero-order valence-electron chi connectivity index (χ0n) is 9.84. The van der Waals surface area contributed by atoms with Gasteiger partial charge in [-0.2, -0.15) is 0 Å². The fourth-order valence-electron chi connectivity index (χ4n) is 1.59. The van der Waals surface area contributed by atoms with E-state index in [2.05, 4.69) is 10.3 Å². The molecule has 0 bridgehead atoms. The maximum atomic E-state index is 11.7. The van der Waals surface area contributed by atoms with Crippen molar-refractivity contribution < 1.29 is 9.90 Å². The van der Waals surface area contributed by atoms with E-state index in [1.54, 1.807) is 13.1 Å². The molecule has 0 radical (unpaired) electrons. The van der Waals surface area contributed by atoms with Crippen LogP contribution in [0.4, 0.5) is 0 Å². The third-order valence-electron chi connectivity index (χ3n) is 2.49. The van der Waals surface area contributed by atoms with Crippen LogP contribution in [0.5, 0.6) is 0 Å². The Morgan fingerprint density at radius 1 is 1.59 bits per heavy atom. The predicted octanol–water partition coefficient (Wildman–Crippen LogP) is 0.753. The second-order valence-electron chi connectivity index (χ2n) is 4.08. The van der Waals surface area contributed by atoms with E-state index in [-0.39, 0.29) is 12.5 Å². The van der Waals surface area contributed by atoms with E-state index in [0.29, 0.717) is 5.69 Å². The van der Waals surface area contributed by atoms with Crippen molar-refractivity contribution in [3.63, 3.8) is 0 Å². The van der Waals surface area contributed by atoms with Gasteiger partial charge in [0.1, 0.15) is 11.3 Å². The van der Waals surface area contributed by atoms with E-state index in [1.165, 1.54) is 0 Å². The van der Waals surface area contributed by atoms with Crippen LogP contribution in [0.3, 0.4) is 0 Å².